The lowest BCUT2D eigenvalue weighted by atomic mass is 10.1. The Balaban J connectivity index is 1.72. The first kappa shape index (κ1) is 22.4. The molecule has 0 atom stereocenters. The van der Waals surface area contributed by atoms with E-state index in [2.05, 4.69) is 10.0 Å². The molecule has 1 amide bonds. The van der Waals surface area contributed by atoms with Crippen molar-refractivity contribution in [2.24, 2.45) is 0 Å². The molecular weight excluding hydrogens is 412 g/mol. The Hall–Kier alpha value is -3.32. The van der Waals surface area contributed by atoms with E-state index in [1.54, 1.807) is 42.5 Å². The average Bonchev–Trinajstić information content (AvgIpc) is 2.75. The van der Waals surface area contributed by atoms with Crippen molar-refractivity contribution in [3.8, 4) is 5.75 Å². The fraction of sp³-hybridized carbons (Fsp3) is 0.208. The summed E-state index contributed by atoms with van der Waals surface area (Å²) in [6.45, 7) is 6.41. The molecule has 0 aliphatic carbocycles. The molecule has 31 heavy (non-hydrogen) atoms. The van der Waals surface area contributed by atoms with Gasteiger partial charge in [-0.15, -0.1) is 0 Å². The molecule has 0 aromatic heterocycles. The minimum Gasteiger partial charge on any atom is -0.493 e. The first-order valence-electron chi connectivity index (χ1n) is 10.0. The SMILES string of the molecule is CCCOc1ccccc1C(=O)Nc1ccc(S(=O)(=O)Nc2ccc(C)c(C)c2)cc1. The van der Waals surface area contributed by atoms with Gasteiger partial charge in [-0.2, -0.15) is 0 Å². The van der Waals surface area contributed by atoms with E-state index in [-0.39, 0.29) is 10.8 Å². The van der Waals surface area contributed by atoms with Gasteiger partial charge in [-0.05, 0) is 79.9 Å². The lowest BCUT2D eigenvalue weighted by Crippen LogP contribution is -2.15. The van der Waals surface area contributed by atoms with Crippen LogP contribution in [0.5, 0.6) is 5.75 Å². The summed E-state index contributed by atoms with van der Waals surface area (Å²) in [6, 6.07) is 18.4. The summed E-state index contributed by atoms with van der Waals surface area (Å²) in [5.74, 6) is 0.189. The molecule has 162 valence electrons. The molecule has 0 radical (unpaired) electrons. The first-order chi connectivity index (χ1) is 14.8. The number of hydrogen-bond donors (Lipinski definition) is 2. The van der Waals surface area contributed by atoms with Gasteiger partial charge in [0, 0.05) is 11.4 Å². The zero-order valence-corrected chi connectivity index (χ0v) is 18.6. The summed E-state index contributed by atoms with van der Waals surface area (Å²) >= 11 is 0. The zero-order valence-electron chi connectivity index (χ0n) is 17.8. The Labute approximate surface area is 183 Å². The fourth-order valence-electron chi connectivity index (χ4n) is 2.93. The molecule has 0 unspecified atom stereocenters. The molecule has 7 heteroatoms. The second-order valence-corrected chi connectivity index (χ2v) is 8.91. The van der Waals surface area contributed by atoms with E-state index in [1.807, 2.05) is 32.9 Å². The Morgan fingerprint density at radius 2 is 1.58 bits per heavy atom. The monoisotopic (exact) mass is 438 g/mol. The van der Waals surface area contributed by atoms with Crippen molar-refractivity contribution in [1.29, 1.82) is 0 Å². The maximum atomic E-state index is 12.7. The minimum atomic E-state index is -3.74. The van der Waals surface area contributed by atoms with Crippen molar-refractivity contribution in [2.45, 2.75) is 32.1 Å². The van der Waals surface area contributed by atoms with Crippen LogP contribution in [0.25, 0.3) is 0 Å². The summed E-state index contributed by atoms with van der Waals surface area (Å²) in [7, 11) is -3.74. The summed E-state index contributed by atoms with van der Waals surface area (Å²) in [6.07, 6.45) is 0.835. The second kappa shape index (κ2) is 9.66. The van der Waals surface area contributed by atoms with E-state index in [0.717, 1.165) is 17.5 Å². The van der Waals surface area contributed by atoms with Gasteiger partial charge in [0.2, 0.25) is 0 Å². The van der Waals surface area contributed by atoms with Crippen molar-refractivity contribution in [1.82, 2.24) is 0 Å². The number of carbonyl (C=O) groups is 1. The molecule has 2 N–H and O–H groups in total. The van der Waals surface area contributed by atoms with Gasteiger partial charge in [0.25, 0.3) is 15.9 Å². The van der Waals surface area contributed by atoms with Crippen LogP contribution in [0, 0.1) is 13.8 Å². The van der Waals surface area contributed by atoms with Crippen molar-refractivity contribution in [3.05, 3.63) is 83.4 Å². The van der Waals surface area contributed by atoms with E-state index < -0.39 is 10.0 Å². The van der Waals surface area contributed by atoms with Crippen molar-refractivity contribution < 1.29 is 17.9 Å². The molecule has 6 nitrogen and oxygen atoms in total. The summed E-state index contributed by atoms with van der Waals surface area (Å²) in [5.41, 5.74) is 3.50. The number of hydrogen-bond acceptors (Lipinski definition) is 4. The highest BCUT2D eigenvalue weighted by Crippen LogP contribution is 2.22. The van der Waals surface area contributed by atoms with Gasteiger partial charge in [0.15, 0.2) is 0 Å². The van der Waals surface area contributed by atoms with Gasteiger partial charge in [-0.25, -0.2) is 8.42 Å². The van der Waals surface area contributed by atoms with E-state index in [9.17, 15) is 13.2 Å². The molecule has 3 rings (SSSR count). The largest absolute Gasteiger partial charge is 0.493 e. The van der Waals surface area contributed by atoms with Gasteiger partial charge in [0.1, 0.15) is 5.75 Å². The molecule has 0 bridgehead atoms. The molecule has 0 saturated carbocycles. The van der Waals surface area contributed by atoms with Gasteiger partial charge in [0.05, 0.1) is 17.1 Å². The van der Waals surface area contributed by atoms with Crippen LogP contribution in [-0.2, 0) is 10.0 Å². The number of para-hydroxylation sites is 1. The number of nitrogens with one attached hydrogen (secondary N) is 2. The normalized spacial score (nSPS) is 11.1. The third-order valence-electron chi connectivity index (χ3n) is 4.77. The van der Waals surface area contributed by atoms with Crippen LogP contribution in [0.4, 0.5) is 11.4 Å². The highest BCUT2D eigenvalue weighted by atomic mass is 32.2. The predicted molar refractivity (Wildman–Crippen MR) is 123 cm³/mol. The Bertz CT molecular complexity index is 1170. The maximum Gasteiger partial charge on any atom is 0.261 e. The van der Waals surface area contributed by atoms with Gasteiger partial charge < -0.3 is 10.1 Å². The lowest BCUT2D eigenvalue weighted by Gasteiger charge is -2.12. The molecule has 0 heterocycles. The van der Waals surface area contributed by atoms with E-state index in [1.165, 1.54) is 12.1 Å². The number of sulfonamides is 1. The van der Waals surface area contributed by atoms with Crippen molar-refractivity contribution in [3.63, 3.8) is 0 Å². The first-order valence-corrected chi connectivity index (χ1v) is 11.5. The van der Waals surface area contributed by atoms with Gasteiger partial charge in [-0.3, -0.25) is 9.52 Å². The van der Waals surface area contributed by atoms with Gasteiger partial charge >= 0.3 is 0 Å². The number of anilines is 2. The number of rotatable bonds is 8. The summed E-state index contributed by atoms with van der Waals surface area (Å²) < 4.78 is 33.6. The smallest absolute Gasteiger partial charge is 0.261 e. The molecule has 0 saturated heterocycles. The quantitative estimate of drug-likeness (QED) is 0.510. The van der Waals surface area contributed by atoms with Crippen LogP contribution in [0.1, 0.15) is 34.8 Å². The number of ether oxygens (including phenoxy) is 1. The number of aryl methyl sites for hydroxylation is 2. The lowest BCUT2D eigenvalue weighted by molar-refractivity contribution is 0.102. The highest BCUT2D eigenvalue weighted by Gasteiger charge is 2.16. The average molecular weight is 439 g/mol. The van der Waals surface area contributed by atoms with Crippen LogP contribution >= 0.6 is 0 Å². The topological polar surface area (TPSA) is 84.5 Å². The summed E-state index contributed by atoms with van der Waals surface area (Å²) in [4.78, 5) is 12.8. The van der Waals surface area contributed by atoms with Crippen LogP contribution in [0.3, 0.4) is 0 Å². The summed E-state index contributed by atoms with van der Waals surface area (Å²) in [5, 5.41) is 2.78. The number of carbonyl (C=O) groups excluding carboxylic acids is 1. The molecule has 0 aliphatic heterocycles. The van der Waals surface area contributed by atoms with E-state index >= 15 is 0 Å². The van der Waals surface area contributed by atoms with Crippen LogP contribution < -0.4 is 14.8 Å². The number of benzene rings is 3. The minimum absolute atomic E-state index is 0.107. The third kappa shape index (κ3) is 5.64. The van der Waals surface area contributed by atoms with Crippen LogP contribution in [-0.4, -0.2) is 20.9 Å². The molecule has 3 aromatic carbocycles. The highest BCUT2D eigenvalue weighted by molar-refractivity contribution is 7.92. The van der Waals surface area contributed by atoms with Crippen LogP contribution in [0.2, 0.25) is 0 Å². The zero-order chi connectivity index (χ0) is 22.4. The fourth-order valence-corrected chi connectivity index (χ4v) is 3.98. The molecule has 0 spiro atoms. The van der Waals surface area contributed by atoms with Crippen molar-refractivity contribution >= 4 is 27.3 Å². The molecular formula is C24H26N2O4S. The van der Waals surface area contributed by atoms with Crippen LogP contribution in [0.15, 0.2) is 71.6 Å². The Kier molecular flexibility index (Phi) is 6.97. The standard InChI is InChI=1S/C24H26N2O4S/c1-4-15-30-23-8-6-5-7-22(23)24(27)25-19-11-13-21(14-12-19)31(28,29)26-20-10-9-17(2)18(3)16-20/h5-14,16,26H,4,15H2,1-3H3,(H,25,27). The number of amides is 1. The van der Waals surface area contributed by atoms with Crippen molar-refractivity contribution in [2.75, 3.05) is 16.6 Å². The van der Waals surface area contributed by atoms with Gasteiger partial charge in [-0.1, -0.05) is 25.1 Å². The predicted octanol–water partition coefficient (Wildman–Crippen LogP) is 5.15. The maximum absolute atomic E-state index is 12.7. The molecule has 0 fully saturated rings. The molecule has 3 aromatic rings. The second-order valence-electron chi connectivity index (χ2n) is 7.23. The third-order valence-corrected chi connectivity index (χ3v) is 6.17. The Morgan fingerprint density at radius 1 is 0.903 bits per heavy atom. The Morgan fingerprint density at radius 3 is 2.26 bits per heavy atom. The van der Waals surface area contributed by atoms with E-state index in [0.29, 0.717) is 29.3 Å². The van der Waals surface area contributed by atoms with E-state index in [4.69, 9.17) is 4.74 Å². The molecule has 0 aliphatic rings.